The molecule has 4 aromatic rings. The average molecular weight is 455 g/mol. The van der Waals surface area contributed by atoms with Gasteiger partial charge < -0.3 is 14.8 Å². The van der Waals surface area contributed by atoms with Crippen LogP contribution < -0.4 is 20.3 Å². The fourth-order valence-corrected chi connectivity index (χ4v) is 3.24. The van der Waals surface area contributed by atoms with E-state index in [4.69, 9.17) is 21.1 Å². The number of methoxy groups -OCH3 is 2. The quantitative estimate of drug-likeness (QED) is 0.456. The van der Waals surface area contributed by atoms with E-state index < -0.39 is 11.5 Å². The molecule has 11 heteroatoms. The van der Waals surface area contributed by atoms with Gasteiger partial charge in [0.2, 0.25) is 5.91 Å². The average Bonchev–Trinajstić information content (AvgIpc) is 3.21. The Morgan fingerprint density at radius 1 is 1.12 bits per heavy atom. The minimum Gasteiger partial charge on any atom is -0.497 e. The molecule has 0 bridgehead atoms. The molecule has 0 aliphatic heterocycles. The van der Waals surface area contributed by atoms with Crippen molar-refractivity contribution < 1.29 is 14.3 Å². The number of nitrogens with one attached hydrogen (secondary N) is 1. The van der Waals surface area contributed by atoms with Crippen LogP contribution in [0.5, 0.6) is 11.5 Å². The SMILES string of the molecule is COc1ccc(NC(=O)Cn2cnc3c(nnn3Cc3ccc(Cl)cc3)c2=O)c(OC)c1. The summed E-state index contributed by atoms with van der Waals surface area (Å²) in [5.41, 5.74) is 1.33. The molecule has 0 fully saturated rings. The maximum Gasteiger partial charge on any atom is 0.283 e. The summed E-state index contributed by atoms with van der Waals surface area (Å²) in [4.78, 5) is 29.6. The summed E-state index contributed by atoms with van der Waals surface area (Å²) >= 11 is 5.91. The number of nitrogens with zero attached hydrogens (tertiary/aromatic N) is 5. The van der Waals surface area contributed by atoms with Crippen LogP contribution in [0.3, 0.4) is 0 Å². The van der Waals surface area contributed by atoms with Gasteiger partial charge in [0.1, 0.15) is 24.4 Å². The Hall–Kier alpha value is -3.92. The predicted molar refractivity (Wildman–Crippen MR) is 118 cm³/mol. The summed E-state index contributed by atoms with van der Waals surface area (Å²) in [6.07, 6.45) is 1.30. The highest BCUT2D eigenvalue weighted by Gasteiger charge is 2.15. The molecular formula is C21H19ClN6O4. The van der Waals surface area contributed by atoms with E-state index in [0.29, 0.717) is 34.4 Å². The number of hydrogen-bond acceptors (Lipinski definition) is 7. The first-order valence-electron chi connectivity index (χ1n) is 9.53. The molecule has 32 heavy (non-hydrogen) atoms. The second kappa shape index (κ2) is 9.06. The van der Waals surface area contributed by atoms with Crippen molar-refractivity contribution in [2.75, 3.05) is 19.5 Å². The lowest BCUT2D eigenvalue weighted by atomic mass is 10.2. The summed E-state index contributed by atoms with van der Waals surface area (Å²) in [6, 6.07) is 12.2. The van der Waals surface area contributed by atoms with Crippen molar-refractivity contribution >= 4 is 34.4 Å². The van der Waals surface area contributed by atoms with Gasteiger partial charge >= 0.3 is 0 Å². The standard InChI is InChI=1S/C21H19ClN6O4/c1-31-15-7-8-16(17(9-15)32-2)24-18(29)11-27-12-23-20-19(21(27)30)25-26-28(20)10-13-3-5-14(22)6-4-13/h3-9,12H,10-11H2,1-2H3,(H,24,29). The molecule has 0 atom stereocenters. The van der Waals surface area contributed by atoms with E-state index in [1.165, 1.54) is 29.8 Å². The Balaban J connectivity index is 1.53. The molecule has 0 aliphatic carbocycles. The van der Waals surface area contributed by atoms with Crippen molar-refractivity contribution in [3.63, 3.8) is 0 Å². The molecule has 1 amide bonds. The second-order valence-electron chi connectivity index (χ2n) is 6.84. The first-order valence-corrected chi connectivity index (χ1v) is 9.91. The molecule has 2 aromatic carbocycles. The Kier molecular flexibility index (Phi) is 6.04. The fourth-order valence-electron chi connectivity index (χ4n) is 3.12. The number of anilines is 1. The zero-order valence-corrected chi connectivity index (χ0v) is 18.0. The van der Waals surface area contributed by atoms with Crippen LogP contribution in [0.1, 0.15) is 5.56 Å². The van der Waals surface area contributed by atoms with E-state index in [2.05, 4.69) is 20.6 Å². The molecule has 1 N–H and O–H groups in total. The molecule has 164 valence electrons. The third kappa shape index (κ3) is 4.40. The molecule has 0 saturated carbocycles. The summed E-state index contributed by atoms with van der Waals surface area (Å²) in [5.74, 6) is 0.599. The lowest BCUT2D eigenvalue weighted by molar-refractivity contribution is -0.116. The number of fused-ring (bicyclic) bond motifs is 1. The van der Waals surface area contributed by atoms with Crippen LogP contribution in [0.2, 0.25) is 5.02 Å². The number of carbonyl (C=O) groups is 1. The Labute approximate surface area is 187 Å². The molecule has 4 rings (SSSR count). The maximum absolute atomic E-state index is 12.8. The predicted octanol–water partition coefficient (Wildman–Crippen LogP) is 2.35. The van der Waals surface area contributed by atoms with Crippen molar-refractivity contribution in [1.29, 1.82) is 0 Å². The fraction of sp³-hybridized carbons (Fsp3) is 0.190. The van der Waals surface area contributed by atoms with Crippen LogP contribution in [-0.4, -0.2) is 44.7 Å². The van der Waals surface area contributed by atoms with E-state index in [1.807, 2.05) is 12.1 Å². The first-order chi connectivity index (χ1) is 15.5. The number of amides is 1. The number of benzene rings is 2. The Morgan fingerprint density at radius 3 is 2.62 bits per heavy atom. The number of halogens is 1. The molecule has 0 spiro atoms. The largest absolute Gasteiger partial charge is 0.497 e. The number of aromatic nitrogens is 5. The number of ether oxygens (including phenoxy) is 2. The van der Waals surface area contributed by atoms with Gasteiger partial charge in [0, 0.05) is 11.1 Å². The lowest BCUT2D eigenvalue weighted by Crippen LogP contribution is -2.28. The van der Waals surface area contributed by atoms with Gasteiger partial charge in [0.05, 0.1) is 26.5 Å². The van der Waals surface area contributed by atoms with E-state index in [-0.39, 0.29) is 12.1 Å². The molecule has 0 saturated heterocycles. The van der Waals surface area contributed by atoms with Crippen LogP contribution in [0.25, 0.3) is 11.2 Å². The first kappa shape index (κ1) is 21.3. The van der Waals surface area contributed by atoms with Gasteiger partial charge in [-0.15, -0.1) is 5.10 Å². The normalized spacial score (nSPS) is 10.8. The van der Waals surface area contributed by atoms with Crippen LogP contribution in [0.4, 0.5) is 5.69 Å². The molecule has 0 aliphatic rings. The van der Waals surface area contributed by atoms with Crippen LogP contribution >= 0.6 is 11.6 Å². The van der Waals surface area contributed by atoms with Crippen molar-refractivity contribution in [3.05, 3.63) is 69.7 Å². The van der Waals surface area contributed by atoms with Crippen LogP contribution in [0.15, 0.2) is 53.6 Å². The third-order valence-electron chi connectivity index (χ3n) is 4.73. The highest BCUT2D eigenvalue weighted by molar-refractivity contribution is 6.30. The summed E-state index contributed by atoms with van der Waals surface area (Å²) in [5, 5.41) is 11.3. The molecule has 2 heterocycles. The Bertz CT molecular complexity index is 1330. The summed E-state index contributed by atoms with van der Waals surface area (Å²) in [6.45, 7) is 0.128. The number of carbonyl (C=O) groups excluding carboxylic acids is 1. The minimum atomic E-state index is -0.464. The number of rotatable bonds is 7. The van der Waals surface area contributed by atoms with Crippen molar-refractivity contribution in [2.45, 2.75) is 13.1 Å². The van der Waals surface area contributed by atoms with Gasteiger partial charge in [-0.1, -0.05) is 28.9 Å². The second-order valence-corrected chi connectivity index (χ2v) is 7.27. The highest BCUT2D eigenvalue weighted by Crippen LogP contribution is 2.28. The van der Waals surface area contributed by atoms with E-state index in [0.717, 1.165) is 5.56 Å². The van der Waals surface area contributed by atoms with Gasteiger partial charge in [-0.25, -0.2) is 9.67 Å². The van der Waals surface area contributed by atoms with Crippen LogP contribution in [-0.2, 0) is 17.9 Å². The van der Waals surface area contributed by atoms with Gasteiger partial charge in [-0.05, 0) is 29.8 Å². The van der Waals surface area contributed by atoms with Crippen molar-refractivity contribution in [2.24, 2.45) is 0 Å². The molecule has 10 nitrogen and oxygen atoms in total. The lowest BCUT2D eigenvalue weighted by Gasteiger charge is -2.12. The van der Waals surface area contributed by atoms with Gasteiger partial charge in [0.25, 0.3) is 5.56 Å². The van der Waals surface area contributed by atoms with E-state index in [9.17, 15) is 9.59 Å². The third-order valence-corrected chi connectivity index (χ3v) is 4.99. The van der Waals surface area contributed by atoms with Crippen LogP contribution in [0, 0.1) is 0 Å². The highest BCUT2D eigenvalue weighted by atomic mass is 35.5. The van der Waals surface area contributed by atoms with Gasteiger partial charge in [-0.3, -0.25) is 14.2 Å². The molecule has 0 unspecified atom stereocenters. The Morgan fingerprint density at radius 2 is 1.91 bits per heavy atom. The smallest absolute Gasteiger partial charge is 0.283 e. The van der Waals surface area contributed by atoms with Gasteiger partial charge in [-0.2, -0.15) is 0 Å². The van der Waals surface area contributed by atoms with Crippen molar-refractivity contribution in [1.82, 2.24) is 24.5 Å². The van der Waals surface area contributed by atoms with E-state index >= 15 is 0 Å². The maximum atomic E-state index is 12.8. The minimum absolute atomic E-state index is 0.0799. The zero-order chi connectivity index (χ0) is 22.7. The summed E-state index contributed by atoms with van der Waals surface area (Å²) in [7, 11) is 3.02. The number of hydrogen-bond donors (Lipinski definition) is 1. The topological polar surface area (TPSA) is 113 Å². The van der Waals surface area contributed by atoms with Crippen molar-refractivity contribution in [3.8, 4) is 11.5 Å². The summed E-state index contributed by atoms with van der Waals surface area (Å²) < 4.78 is 13.1. The molecular weight excluding hydrogens is 436 g/mol. The molecule has 0 radical (unpaired) electrons. The van der Waals surface area contributed by atoms with E-state index in [1.54, 1.807) is 30.3 Å². The van der Waals surface area contributed by atoms with Gasteiger partial charge in [0.15, 0.2) is 11.2 Å². The zero-order valence-electron chi connectivity index (χ0n) is 17.3. The molecule has 2 aromatic heterocycles. The monoisotopic (exact) mass is 454 g/mol.